The normalized spacial score (nSPS) is 17.7. The number of aryl methyl sites for hydroxylation is 1. The van der Waals surface area contributed by atoms with E-state index in [1.165, 1.54) is 22.5 Å². The van der Waals surface area contributed by atoms with Crippen molar-refractivity contribution in [3.63, 3.8) is 0 Å². The van der Waals surface area contributed by atoms with Crippen LogP contribution < -0.4 is 0 Å². The average Bonchev–Trinajstić information content (AvgIpc) is 3.17. The zero-order chi connectivity index (χ0) is 19.6. The van der Waals surface area contributed by atoms with Crippen molar-refractivity contribution < 1.29 is 17.8 Å². The molecule has 1 aromatic heterocycles. The number of rotatable bonds is 6. The van der Waals surface area contributed by atoms with Gasteiger partial charge in [-0.3, -0.25) is 15.0 Å². The summed E-state index contributed by atoms with van der Waals surface area (Å²) in [7, 11) is -3.78. The highest BCUT2D eigenvalue weighted by Gasteiger charge is 2.32. The molecule has 1 saturated heterocycles. The minimum absolute atomic E-state index is 0.0670. The Bertz CT molecular complexity index is 921. The van der Waals surface area contributed by atoms with E-state index in [2.05, 4.69) is 15.1 Å². The number of piperazine rings is 1. The minimum atomic E-state index is -3.78. The fourth-order valence-corrected chi connectivity index (χ4v) is 4.43. The summed E-state index contributed by atoms with van der Waals surface area (Å²) in [5.74, 6) is 1.09. The highest BCUT2D eigenvalue weighted by atomic mass is 32.2. The third kappa shape index (κ3) is 3.99. The summed E-state index contributed by atoms with van der Waals surface area (Å²) in [4.78, 5) is 12.3. The molecule has 1 aromatic carbocycles. The molecule has 0 spiro atoms. The molecule has 1 atom stereocenters. The van der Waals surface area contributed by atoms with Crippen molar-refractivity contribution in [1.29, 1.82) is 0 Å². The fraction of sp³-hybridized carbons (Fsp3) is 0.500. The zero-order valence-electron chi connectivity index (χ0n) is 15.1. The van der Waals surface area contributed by atoms with Crippen LogP contribution >= 0.6 is 0 Å². The van der Waals surface area contributed by atoms with Gasteiger partial charge in [-0.15, -0.1) is 10.2 Å². The van der Waals surface area contributed by atoms with Gasteiger partial charge in [0, 0.05) is 44.7 Å². The van der Waals surface area contributed by atoms with Crippen LogP contribution in [0.25, 0.3) is 0 Å². The van der Waals surface area contributed by atoms with Gasteiger partial charge in [-0.05, 0) is 13.0 Å². The van der Waals surface area contributed by atoms with Gasteiger partial charge in [0.15, 0.2) is 0 Å². The molecule has 0 amide bonds. The van der Waals surface area contributed by atoms with E-state index >= 15 is 0 Å². The Morgan fingerprint density at radius 2 is 1.96 bits per heavy atom. The SMILES string of the molecule is CCc1nnc(C(C)N2CCN(S(=O)(=O)c3cccc([N+](=O)[O-])c3)CC2)o1. The predicted molar refractivity (Wildman–Crippen MR) is 95.5 cm³/mol. The van der Waals surface area contributed by atoms with E-state index < -0.39 is 14.9 Å². The summed E-state index contributed by atoms with van der Waals surface area (Å²) in [6, 6.07) is 5.01. The summed E-state index contributed by atoms with van der Waals surface area (Å²) in [6.45, 7) is 5.43. The van der Waals surface area contributed by atoms with Gasteiger partial charge >= 0.3 is 0 Å². The molecule has 0 N–H and O–H groups in total. The molecule has 3 rings (SSSR count). The molecule has 0 aliphatic carbocycles. The van der Waals surface area contributed by atoms with E-state index in [4.69, 9.17) is 4.42 Å². The van der Waals surface area contributed by atoms with Crippen LogP contribution in [0.3, 0.4) is 0 Å². The molecule has 11 heteroatoms. The smallest absolute Gasteiger partial charge is 0.270 e. The number of sulfonamides is 1. The minimum Gasteiger partial charge on any atom is -0.424 e. The van der Waals surface area contributed by atoms with Crippen LogP contribution in [0.15, 0.2) is 33.6 Å². The summed E-state index contributed by atoms with van der Waals surface area (Å²) >= 11 is 0. The van der Waals surface area contributed by atoms with Gasteiger partial charge in [0.2, 0.25) is 21.8 Å². The maximum Gasteiger partial charge on any atom is 0.270 e. The van der Waals surface area contributed by atoms with E-state index in [0.29, 0.717) is 31.3 Å². The molecule has 1 fully saturated rings. The van der Waals surface area contributed by atoms with Gasteiger partial charge < -0.3 is 4.42 Å². The van der Waals surface area contributed by atoms with Crippen molar-refractivity contribution in [3.05, 3.63) is 46.2 Å². The largest absolute Gasteiger partial charge is 0.424 e. The first-order valence-corrected chi connectivity index (χ1v) is 10.1. The lowest BCUT2D eigenvalue weighted by molar-refractivity contribution is -0.385. The number of hydrogen-bond acceptors (Lipinski definition) is 8. The molecule has 2 aromatic rings. The van der Waals surface area contributed by atoms with Crippen molar-refractivity contribution in [3.8, 4) is 0 Å². The Morgan fingerprint density at radius 3 is 2.56 bits per heavy atom. The Kier molecular flexibility index (Phi) is 5.53. The number of nitro groups is 1. The highest BCUT2D eigenvalue weighted by Crippen LogP contribution is 2.25. The van der Waals surface area contributed by atoms with Gasteiger partial charge in [0.05, 0.1) is 15.9 Å². The third-order valence-electron chi connectivity index (χ3n) is 4.63. The summed E-state index contributed by atoms with van der Waals surface area (Å²) in [5.41, 5.74) is -0.244. The Labute approximate surface area is 157 Å². The molecule has 146 valence electrons. The molecule has 2 heterocycles. The first-order chi connectivity index (χ1) is 12.8. The van der Waals surface area contributed by atoms with Gasteiger partial charge in [0.1, 0.15) is 0 Å². The van der Waals surface area contributed by atoms with Crippen LogP contribution in [0.5, 0.6) is 0 Å². The lowest BCUT2D eigenvalue weighted by Gasteiger charge is -2.36. The van der Waals surface area contributed by atoms with E-state index in [1.54, 1.807) is 0 Å². The number of non-ortho nitro benzene ring substituents is 1. The maximum absolute atomic E-state index is 12.8. The predicted octanol–water partition coefficient (Wildman–Crippen LogP) is 1.61. The Morgan fingerprint density at radius 1 is 1.26 bits per heavy atom. The number of aromatic nitrogens is 2. The fourth-order valence-electron chi connectivity index (χ4n) is 2.97. The number of benzene rings is 1. The molecular weight excluding hydrogens is 374 g/mol. The molecule has 0 saturated carbocycles. The lowest BCUT2D eigenvalue weighted by atomic mass is 10.2. The summed E-state index contributed by atoms with van der Waals surface area (Å²) < 4.78 is 32.5. The van der Waals surface area contributed by atoms with Crippen molar-refractivity contribution in [2.75, 3.05) is 26.2 Å². The second-order valence-electron chi connectivity index (χ2n) is 6.26. The van der Waals surface area contributed by atoms with Crippen molar-refractivity contribution >= 4 is 15.7 Å². The second kappa shape index (κ2) is 7.71. The molecule has 1 unspecified atom stereocenters. The van der Waals surface area contributed by atoms with E-state index in [9.17, 15) is 18.5 Å². The van der Waals surface area contributed by atoms with Crippen LogP contribution in [0.2, 0.25) is 0 Å². The van der Waals surface area contributed by atoms with Gasteiger partial charge in [-0.25, -0.2) is 8.42 Å². The van der Waals surface area contributed by atoms with Crippen LogP contribution in [0, 0.1) is 10.1 Å². The van der Waals surface area contributed by atoms with Crippen molar-refractivity contribution in [2.45, 2.75) is 31.2 Å². The number of nitrogens with zero attached hydrogens (tertiary/aromatic N) is 5. The Balaban J connectivity index is 1.69. The molecule has 10 nitrogen and oxygen atoms in total. The number of nitro benzene ring substituents is 1. The quantitative estimate of drug-likeness (QED) is 0.534. The van der Waals surface area contributed by atoms with E-state index in [1.807, 2.05) is 13.8 Å². The lowest BCUT2D eigenvalue weighted by Crippen LogP contribution is -2.49. The third-order valence-corrected chi connectivity index (χ3v) is 6.52. The van der Waals surface area contributed by atoms with Gasteiger partial charge in [0.25, 0.3) is 5.69 Å². The average molecular weight is 395 g/mol. The van der Waals surface area contributed by atoms with Crippen molar-refractivity contribution in [2.24, 2.45) is 0 Å². The van der Waals surface area contributed by atoms with Crippen molar-refractivity contribution in [1.82, 2.24) is 19.4 Å². The second-order valence-corrected chi connectivity index (χ2v) is 8.20. The first-order valence-electron chi connectivity index (χ1n) is 8.64. The van der Waals surface area contributed by atoms with Gasteiger partial charge in [-0.1, -0.05) is 13.0 Å². The van der Waals surface area contributed by atoms with Crippen LogP contribution in [0.4, 0.5) is 5.69 Å². The molecule has 27 heavy (non-hydrogen) atoms. The highest BCUT2D eigenvalue weighted by molar-refractivity contribution is 7.89. The molecular formula is C16H21N5O5S. The summed E-state index contributed by atoms with van der Waals surface area (Å²) in [5, 5.41) is 18.9. The van der Waals surface area contributed by atoms with Crippen LogP contribution in [-0.2, 0) is 16.4 Å². The van der Waals surface area contributed by atoms with E-state index in [0.717, 1.165) is 6.07 Å². The van der Waals surface area contributed by atoms with E-state index in [-0.39, 0.29) is 29.7 Å². The molecule has 1 aliphatic heterocycles. The zero-order valence-corrected chi connectivity index (χ0v) is 15.9. The van der Waals surface area contributed by atoms with Crippen LogP contribution in [-0.4, -0.2) is 58.9 Å². The molecule has 1 aliphatic rings. The standard InChI is InChI=1S/C16H21N5O5S/c1-3-15-17-18-16(26-15)12(2)19-7-9-20(10-8-19)27(24,25)14-6-4-5-13(11-14)21(22)23/h4-6,11-12H,3,7-10H2,1-2H3. The van der Waals surface area contributed by atoms with Crippen LogP contribution in [0.1, 0.15) is 31.7 Å². The Hall–Kier alpha value is -2.37. The summed E-state index contributed by atoms with van der Waals surface area (Å²) in [6.07, 6.45) is 0.662. The molecule has 0 bridgehead atoms. The molecule has 0 radical (unpaired) electrons. The topological polar surface area (TPSA) is 123 Å². The maximum atomic E-state index is 12.8. The number of hydrogen-bond donors (Lipinski definition) is 0. The monoisotopic (exact) mass is 395 g/mol. The van der Waals surface area contributed by atoms with Gasteiger partial charge in [-0.2, -0.15) is 4.31 Å². The first kappa shape index (κ1) is 19.4.